The number of nitrogens with two attached hydrogens (primary N) is 1. The normalized spacial score (nSPS) is 15.4. The van der Waals surface area contributed by atoms with Gasteiger partial charge < -0.3 is 10.2 Å². The maximum absolute atomic E-state index is 11.0. The standard InChI is InChI=1S/C10H20NO6P/c1-6(2)3-7(10(14)15)5-18(16,17)8(11)4-9(12)13/h6-8,16-17H,3-5,11H2,1-2H3,(H-,12,13,14,15)/p+1/t7?,8-/m0/s1. The highest BCUT2D eigenvalue weighted by Gasteiger charge is 2.46. The highest BCUT2D eigenvalue weighted by Crippen LogP contribution is 2.55. The molecular weight excluding hydrogens is 261 g/mol. The zero-order valence-electron chi connectivity index (χ0n) is 10.5. The molecule has 0 aromatic heterocycles. The van der Waals surface area contributed by atoms with Crippen LogP contribution in [0.3, 0.4) is 0 Å². The van der Waals surface area contributed by atoms with Gasteiger partial charge >= 0.3 is 11.9 Å². The average Bonchev–Trinajstić information content (AvgIpc) is 2.14. The Bertz CT molecular complexity index is 307. The predicted molar refractivity (Wildman–Crippen MR) is 67.0 cm³/mol. The van der Waals surface area contributed by atoms with Crippen LogP contribution in [0.2, 0.25) is 0 Å². The van der Waals surface area contributed by atoms with E-state index in [1.807, 2.05) is 13.8 Å². The summed E-state index contributed by atoms with van der Waals surface area (Å²) in [7, 11) is -3.74. The van der Waals surface area contributed by atoms with Crippen LogP contribution in [0.15, 0.2) is 0 Å². The first kappa shape index (κ1) is 17.2. The van der Waals surface area contributed by atoms with Gasteiger partial charge in [-0.15, -0.1) is 0 Å². The molecule has 2 atom stereocenters. The van der Waals surface area contributed by atoms with Crippen molar-refractivity contribution in [1.82, 2.24) is 0 Å². The summed E-state index contributed by atoms with van der Waals surface area (Å²) in [6.07, 6.45) is -0.679. The lowest BCUT2D eigenvalue weighted by Crippen LogP contribution is -2.32. The summed E-state index contributed by atoms with van der Waals surface area (Å²) in [4.78, 5) is 41.0. The highest BCUT2D eigenvalue weighted by molar-refractivity contribution is 7.65. The van der Waals surface area contributed by atoms with E-state index in [-0.39, 0.29) is 18.5 Å². The number of carbonyl (C=O) groups is 2. The van der Waals surface area contributed by atoms with Gasteiger partial charge in [-0.3, -0.25) is 15.3 Å². The second kappa shape index (κ2) is 6.99. The van der Waals surface area contributed by atoms with Crippen molar-refractivity contribution in [1.29, 1.82) is 0 Å². The molecule has 0 aromatic carbocycles. The van der Waals surface area contributed by atoms with E-state index in [4.69, 9.17) is 15.9 Å². The predicted octanol–water partition coefficient (Wildman–Crippen LogP) is 0.325. The molecule has 106 valence electrons. The Kier molecular flexibility index (Phi) is 6.70. The van der Waals surface area contributed by atoms with E-state index < -0.39 is 37.8 Å². The number of carboxylic acid groups (broad SMARTS) is 2. The van der Waals surface area contributed by atoms with Crippen LogP contribution >= 0.6 is 7.72 Å². The molecule has 6 N–H and O–H groups in total. The first-order valence-electron chi connectivity index (χ1n) is 5.59. The Morgan fingerprint density at radius 3 is 2.06 bits per heavy atom. The van der Waals surface area contributed by atoms with Gasteiger partial charge in [0.1, 0.15) is 12.6 Å². The smallest absolute Gasteiger partial charge is 0.310 e. The van der Waals surface area contributed by atoms with Crippen LogP contribution in [0.1, 0.15) is 26.7 Å². The lowest BCUT2D eigenvalue weighted by Gasteiger charge is -2.22. The number of hydrogen-bond donors (Lipinski definition) is 5. The molecule has 18 heavy (non-hydrogen) atoms. The van der Waals surface area contributed by atoms with E-state index in [0.717, 1.165) is 0 Å². The van der Waals surface area contributed by atoms with Crippen molar-refractivity contribution in [2.24, 2.45) is 17.6 Å². The molecule has 7 nitrogen and oxygen atoms in total. The lowest BCUT2D eigenvalue weighted by molar-refractivity contribution is -0.141. The van der Waals surface area contributed by atoms with Crippen LogP contribution in [0, 0.1) is 11.8 Å². The number of hydrogen-bond acceptors (Lipinski definition) is 5. The van der Waals surface area contributed by atoms with Crippen molar-refractivity contribution >= 4 is 19.7 Å². The second-order valence-corrected chi connectivity index (χ2v) is 7.40. The van der Waals surface area contributed by atoms with Crippen molar-refractivity contribution in [3.8, 4) is 0 Å². The molecule has 0 aliphatic heterocycles. The molecule has 0 rings (SSSR count). The van der Waals surface area contributed by atoms with Crippen molar-refractivity contribution in [3.05, 3.63) is 0 Å². The minimum absolute atomic E-state index is 0.0850. The molecule has 0 aromatic rings. The fraction of sp³-hybridized carbons (Fsp3) is 0.800. The maximum Gasteiger partial charge on any atom is 0.310 e. The van der Waals surface area contributed by atoms with Crippen LogP contribution in [0.4, 0.5) is 0 Å². The van der Waals surface area contributed by atoms with Gasteiger partial charge in [0, 0.05) is 0 Å². The molecule has 0 radical (unpaired) electrons. The van der Waals surface area contributed by atoms with Gasteiger partial charge in [0.2, 0.25) is 0 Å². The molecule has 0 aliphatic rings. The van der Waals surface area contributed by atoms with Crippen molar-refractivity contribution in [3.63, 3.8) is 0 Å². The third kappa shape index (κ3) is 6.26. The van der Waals surface area contributed by atoms with Crippen LogP contribution in [0.25, 0.3) is 0 Å². The molecule has 0 heterocycles. The van der Waals surface area contributed by atoms with Crippen LogP contribution in [0.5, 0.6) is 0 Å². The molecule has 8 heteroatoms. The Morgan fingerprint density at radius 2 is 1.72 bits per heavy atom. The Labute approximate surface area is 106 Å². The molecule has 1 unspecified atom stereocenters. The molecule has 0 saturated heterocycles. The highest BCUT2D eigenvalue weighted by atomic mass is 31.2. The quantitative estimate of drug-likeness (QED) is 0.404. The fourth-order valence-corrected chi connectivity index (χ4v) is 3.28. The minimum Gasteiger partial charge on any atom is -0.481 e. The van der Waals surface area contributed by atoms with Gasteiger partial charge in [-0.1, -0.05) is 13.8 Å². The van der Waals surface area contributed by atoms with Crippen LogP contribution < -0.4 is 5.73 Å². The van der Waals surface area contributed by atoms with Crippen molar-refractivity contribution < 1.29 is 29.6 Å². The summed E-state index contributed by atoms with van der Waals surface area (Å²) in [6, 6.07) is 0. The number of aliphatic carboxylic acids is 2. The van der Waals surface area contributed by atoms with Gasteiger partial charge in [-0.25, -0.2) is 9.79 Å². The summed E-state index contributed by atoms with van der Waals surface area (Å²) >= 11 is 0. The van der Waals surface area contributed by atoms with Gasteiger partial charge in [0.15, 0.2) is 5.78 Å². The lowest BCUT2D eigenvalue weighted by atomic mass is 9.99. The van der Waals surface area contributed by atoms with Gasteiger partial charge in [0.25, 0.3) is 7.72 Å². The molecule has 0 aliphatic carbocycles. The monoisotopic (exact) mass is 282 g/mol. The zero-order valence-corrected chi connectivity index (χ0v) is 11.4. The molecule has 0 saturated carbocycles. The van der Waals surface area contributed by atoms with Crippen molar-refractivity contribution in [2.45, 2.75) is 32.5 Å². The van der Waals surface area contributed by atoms with Crippen molar-refractivity contribution in [2.75, 3.05) is 6.16 Å². The number of rotatable bonds is 8. The van der Waals surface area contributed by atoms with E-state index in [1.54, 1.807) is 0 Å². The number of carboxylic acids is 2. The molecule has 0 bridgehead atoms. The van der Waals surface area contributed by atoms with Crippen LogP contribution in [-0.4, -0.2) is 43.9 Å². The first-order valence-corrected chi connectivity index (χ1v) is 7.54. The van der Waals surface area contributed by atoms with E-state index >= 15 is 0 Å². The molecule has 0 spiro atoms. The van der Waals surface area contributed by atoms with Gasteiger partial charge in [-0.05, 0) is 12.3 Å². The maximum atomic E-state index is 11.0. The van der Waals surface area contributed by atoms with E-state index in [0.29, 0.717) is 0 Å². The fourth-order valence-electron chi connectivity index (χ4n) is 1.61. The van der Waals surface area contributed by atoms with Gasteiger partial charge in [-0.2, -0.15) is 0 Å². The van der Waals surface area contributed by atoms with E-state index in [2.05, 4.69) is 0 Å². The Balaban J connectivity index is 4.68. The largest absolute Gasteiger partial charge is 0.481 e. The molecular formula is C10H21NO6P+. The summed E-state index contributed by atoms with van der Waals surface area (Å²) in [5.41, 5.74) is 5.41. The van der Waals surface area contributed by atoms with E-state index in [9.17, 15) is 19.4 Å². The Hall–Kier alpha value is -0.750. The minimum atomic E-state index is -3.74. The summed E-state index contributed by atoms with van der Waals surface area (Å²) in [5.74, 6) is -4.52. The Morgan fingerprint density at radius 1 is 1.22 bits per heavy atom. The van der Waals surface area contributed by atoms with E-state index in [1.165, 1.54) is 0 Å². The summed E-state index contributed by atoms with van der Waals surface area (Å²) in [5, 5.41) is 17.5. The third-order valence-electron chi connectivity index (χ3n) is 2.51. The molecule has 0 amide bonds. The summed E-state index contributed by atoms with van der Waals surface area (Å²) < 4.78 is 0. The zero-order chi connectivity index (χ0) is 14.5. The van der Waals surface area contributed by atoms with Crippen LogP contribution in [-0.2, 0) is 9.59 Å². The molecule has 0 fully saturated rings. The van der Waals surface area contributed by atoms with Gasteiger partial charge in [0.05, 0.1) is 5.92 Å². The third-order valence-corrected chi connectivity index (χ3v) is 4.73. The topological polar surface area (TPSA) is 141 Å². The SMILES string of the molecule is CC(C)CC(C[P+](O)(O)[C@H](N)CC(=O)O)C(=O)O. The average molecular weight is 282 g/mol. The second-order valence-electron chi connectivity index (χ2n) is 4.80. The first-order chi connectivity index (χ1) is 8.06. The summed E-state index contributed by atoms with van der Waals surface area (Å²) in [6.45, 7) is 3.64.